The van der Waals surface area contributed by atoms with Crippen molar-refractivity contribution < 1.29 is 5.11 Å². The Kier molecular flexibility index (Phi) is 3.36. The quantitative estimate of drug-likeness (QED) is 0.286. The van der Waals surface area contributed by atoms with Crippen molar-refractivity contribution in [1.82, 2.24) is 0 Å². The summed E-state index contributed by atoms with van der Waals surface area (Å²) in [4.78, 5) is 0. The third-order valence-electron chi connectivity index (χ3n) is 4.39. The summed E-state index contributed by atoms with van der Waals surface area (Å²) in [5, 5.41) is 18.5. The first-order valence-corrected chi connectivity index (χ1v) is 8.00. The minimum absolute atomic E-state index is 0.250. The molecule has 5 rings (SSSR count). The minimum atomic E-state index is 0.250. The number of aliphatic hydroxyl groups is 1. The molecule has 0 atom stereocenters. The van der Waals surface area contributed by atoms with Crippen molar-refractivity contribution in [2.75, 3.05) is 6.61 Å². The van der Waals surface area contributed by atoms with Gasteiger partial charge in [0.15, 0.2) is 0 Å². The smallest absolute Gasteiger partial charge is 0.0402 e. The van der Waals surface area contributed by atoms with E-state index in [1.807, 2.05) is 0 Å². The summed E-state index contributed by atoms with van der Waals surface area (Å²) in [7, 11) is 0. The molecule has 0 saturated carbocycles. The highest BCUT2D eigenvalue weighted by Gasteiger charge is 2.11. The van der Waals surface area contributed by atoms with Crippen LogP contribution in [-0.2, 0) is 0 Å². The van der Waals surface area contributed by atoms with Crippen LogP contribution in [0.25, 0.3) is 43.1 Å². The molecule has 0 aromatic heterocycles. The molecule has 0 radical (unpaired) electrons. The number of hydrogen-bond acceptors (Lipinski definition) is 1. The topological polar surface area (TPSA) is 20.2 Å². The van der Waals surface area contributed by atoms with Crippen LogP contribution in [0.15, 0.2) is 72.8 Å². The van der Waals surface area contributed by atoms with Crippen molar-refractivity contribution in [3.05, 3.63) is 72.8 Å². The number of aliphatic hydroxyl groups excluding tert-OH is 1. The van der Waals surface area contributed by atoms with Gasteiger partial charge in [-0.15, -0.1) is 0 Å². The monoisotopic (exact) mass is 298 g/mol. The lowest BCUT2D eigenvalue weighted by molar-refractivity contribution is 0.318. The van der Waals surface area contributed by atoms with Gasteiger partial charge in [-0.2, -0.15) is 0 Å². The molecule has 0 heterocycles. The number of fused-ring (bicyclic) bond motifs is 3. The average molecular weight is 298 g/mol. The zero-order chi connectivity index (χ0) is 15.8. The molecule has 0 aliphatic carbocycles. The summed E-state index contributed by atoms with van der Waals surface area (Å²) in [5.41, 5.74) is 0. The maximum Gasteiger partial charge on any atom is 0.0402 e. The van der Waals surface area contributed by atoms with Gasteiger partial charge in [-0.1, -0.05) is 72.8 Å². The van der Waals surface area contributed by atoms with E-state index in [0.717, 1.165) is 0 Å². The van der Waals surface area contributed by atoms with E-state index in [2.05, 4.69) is 72.8 Å². The van der Waals surface area contributed by atoms with Crippen LogP contribution in [0.2, 0.25) is 0 Å². The van der Waals surface area contributed by atoms with Crippen LogP contribution in [0.4, 0.5) is 0 Å². The van der Waals surface area contributed by atoms with Crippen molar-refractivity contribution in [1.29, 1.82) is 0 Å². The Morgan fingerprint density at radius 3 is 1.39 bits per heavy atom. The van der Waals surface area contributed by atoms with E-state index < -0.39 is 0 Å². The van der Waals surface area contributed by atoms with Crippen LogP contribution in [0, 0.1) is 0 Å². The van der Waals surface area contributed by atoms with E-state index in [9.17, 15) is 0 Å². The van der Waals surface area contributed by atoms with Gasteiger partial charge in [-0.3, -0.25) is 0 Å². The molecule has 5 aromatic rings. The lowest BCUT2D eigenvalue weighted by atomic mass is 9.89. The van der Waals surface area contributed by atoms with Crippen LogP contribution >= 0.6 is 0 Å². The van der Waals surface area contributed by atoms with E-state index in [4.69, 9.17) is 5.11 Å². The van der Waals surface area contributed by atoms with Crippen LogP contribution in [0.5, 0.6) is 0 Å². The molecule has 0 aliphatic rings. The van der Waals surface area contributed by atoms with Gasteiger partial charge in [0, 0.05) is 6.61 Å². The molecule has 0 amide bonds. The molecule has 112 valence electrons. The summed E-state index contributed by atoms with van der Waals surface area (Å²) in [6, 6.07) is 26.4. The van der Waals surface area contributed by atoms with Gasteiger partial charge in [0.2, 0.25) is 0 Å². The van der Waals surface area contributed by atoms with Gasteiger partial charge in [0.25, 0.3) is 0 Å². The largest absolute Gasteiger partial charge is 0.397 e. The Labute approximate surface area is 135 Å². The van der Waals surface area contributed by atoms with Crippen LogP contribution < -0.4 is 0 Å². The van der Waals surface area contributed by atoms with Crippen molar-refractivity contribution in [2.45, 2.75) is 6.92 Å². The Balaban J connectivity index is 0.000000421. The van der Waals surface area contributed by atoms with Gasteiger partial charge in [-0.25, -0.2) is 0 Å². The molecule has 0 unspecified atom stereocenters. The second-order valence-electron chi connectivity index (χ2n) is 5.73. The van der Waals surface area contributed by atoms with Crippen LogP contribution in [0.1, 0.15) is 6.92 Å². The fourth-order valence-corrected chi connectivity index (χ4v) is 3.56. The molecule has 0 bridgehead atoms. The van der Waals surface area contributed by atoms with Crippen molar-refractivity contribution in [3.8, 4) is 0 Å². The highest BCUT2D eigenvalue weighted by atomic mass is 16.2. The van der Waals surface area contributed by atoms with E-state index in [1.54, 1.807) is 6.92 Å². The summed E-state index contributed by atoms with van der Waals surface area (Å²) >= 11 is 0. The molecular weight excluding hydrogens is 280 g/mol. The Bertz CT molecular complexity index is 1020. The Morgan fingerprint density at radius 2 is 0.957 bits per heavy atom. The van der Waals surface area contributed by atoms with Gasteiger partial charge in [0.05, 0.1) is 0 Å². The third kappa shape index (κ3) is 2.05. The van der Waals surface area contributed by atoms with Crippen molar-refractivity contribution >= 4 is 43.1 Å². The number of rotatable bonds is 0. The second kappa shape index (κ2) is 5.53. The van der Waals surface area contributed by atoms with Crippen LogP contribution in [0.3, 0.4) is 0 Å². The summed E-state index contributed by atoms with van der Waals surface area (Å²) < 4.78 is 0. The van der Waals surface area contributed by atoms with E-state index in [1.165, 1.54) is 43.1 Å². The Hall–Kier alpha value is -2.64. The molecule has 0 fully saturated rings. The highest BCUT2D eigenvalue weighted by molar-refractivity contribution is 6.33. The fraction of sp³-hybridized carbons (Fsp3) is 0.0909. The zero-order valence-electron chi connectivity index (χ0n) is 13.1. The molecule has 23 heavy (non-hydrogen) atoms. The standard InChI is InChI=1S/C20H12.C2H6O/c1-2-8-16-15(7-1)17-9-3-5-13-11-12-14-6-4-10-18(16)20(14)19(13)17;1-2-3/h1-12H;3H,2H2,1H3. The molecule has 1 N–H and O–H groups in total. The first kappa shape index (κ1) is 14.0. The molecular formula is C22H18O. The van der Waals surface area contributed by atoms with Crippen LogP contribution in [-0.4, -0.2) is 11.7 Å². The lowest BCUT2D eigenvalue weighted by Crippen LogP contribution is -1.86. The maximum absolute atomic E-state index is 7.57. The number of benzene rings is 5. The first-order valence-electron chi connectivity index (χ1n) is 8.00. The van der Waals surface area contributed by atoms with Crippen molar-refractivity contribution in [2.24, 2.45) is 0 Å². The average Bonchev–Trinajstić information content (AvgIpc) is 2.61. The van der Waals surface area contributed by atoms with Gasteiger partial charge in [0.1, 0.15) is 0 Å². The van der Waals surface area contributed by atoms with Gasteiger partial charge >= 0.3 is 0 Å². The van der Waals surface area contributed by atoms with E-state index >= 15 is 0 Å². The zero-order valence-corrected chi connectivity index (χ0v) is 13.1. The first-order chi connectivity index (χ1) is 11.3. The molecule has 0 saturated heterocycles. The van der Waals surface area contributed by atoms with Gasteiger partial charge < -0.3 is 5.11 Å². The molecule has 0 spiro atoms. The van der Waals surface area contributed by atoms with Gasteiger partial charge in [-0.05, 0) is 50.0 Å². The predicted molar refractivity (Wildman–Crippen MR) is 100 cm³/mol. The lowest BCUT2D eigenvalue weighted by Gasteiger charge is -2.14. The molecule has 5 aromatic carbocycles. The summed E-state index contributed by atoms with van der Waals surface area (Å²) in [6.45, 7) is 1.93. The molecule has 0 aliphatic heterocycles. The fourth-order valence-electron chi connectivity index (χ4n) is 3.56. The third-order valence-corrected chi connectivity index (χ3v) is 4.39. The minimum Gasteiger partial charge on any atom is -0.397 e. The van der Waals surface area contributed by atoms with Crippen molar-refractivity contribution in [3.63, 3.8) is 0 Å². The van der Waals surface area contributed by atoms with E-state index in [0.29, 0.717) is 0 Å². The Morgan fingerprint density at radius 1 is 0.565 bits per heavy atom. The molecule has 1 nitrogen and oxygen atoms in total. The summed E-state index contributed by atoms with van der Waals surface area (Å²) in [6.07, 6.45) is 0. The highest BCUT2D eigenvalue weighted by Crippen LogP contribution is 2.40. The van der Waals surface area contributed by atoms with E-state index in [-0.39, 0.29) is 6.61 Å². The maximum atomic E-state index is 7.57. The number of hydrogen-bond donors (Lipinski definition) is 1. The second-order valence-corrected chi connectivity index (χ2v) is 5.73. The predicted octanol–water partition coefficient (Wildman–Crippen LogP) is 5.74. The SMILES string of the molecule is CCO.c1ccc2c(c1)c1cccc3ccc4cccc2c4c31. The molecule has 1 heteroatoms. The normalized spacial score (nSPS) is 11.2. The summed E-state index contributed by atoms with van der Waals surface area (Å²) in [5.74, 6) is 0.